The number of aliphatic hydroxyl groups is 1. The molecule has 0 radical (unpaired) electrons. The van der Waals surface area contributed by atoms with E-state index in [9.17, 15) is 9.90 Å². The van der Waals surface area contributed by atoms with Crippen LogP contribution in [0.5, 0.6) is 0 Å². The molecule has 146 valence electrons. The Kier molecular flexibility index (Phi) is 5.57. The first-order valence-electron chi connectivity index (χ1n) is 9.46. The first-order valence-corrected chi connectivity index (χ1v) is 10.3. The third-order valence-corrected chi connectivity index (χ3v) is 6.18. The molecular formula is C21H24N4O2S. The monoisotopic (exact) mass is 396 g/mol. The predicted octanol–water partition coefficient (Wildman–Crippen LogP) is 2.73. The van der Waals surface area contributed by atoms with E-state index in [0.29, 0.717) is 25.2 Å². The summed E-state index contributed by atoms with van der Waals surface area (Å²) < 4.78 is 1.81. The summed E-state index contributed by atoms with van der Waals surface area (Å²) in [5.41, 5.74) is 2.45. The highest BCUT2D eigenvalue weighted by Crippen LogP contribution is 2.21. The van der Waals surface area contributed by atoms with Gasteiger partial charge >= 0.3 is 0 Å². The Morgan fingerprint density at radius 1 is 1.14 bits per heavy atom. The molecule has 0 bridgehead atoms. The number of β-amino-alcohol motifs (C(OH)–C–C–N with tert-alkyl or cyclic N) is 1. The fourth-order valence-electron chi connectivity index (χ4n) is 3.57. The average Bonchev–Trinajstić information content (AvgIpc) is 3.39. The first kappa shape index (κ1) is 18.9. The zero-order valence-corrected chi connectivity index (χ0v) is 16.7. The molecule has 1 aliphatic rings. The lowest BCUT2D eigenvalue weighted by Gasteiger charge is -2.35. The van der Waals surface area contributed by atoms with Gasteiger partial charge in [0, 0.05) is 37.6 Å². The second kappa shape index (κ2) is 8.26. The second-order valence-electron chi connectivity index (χ2n) is 7.02. The Bertz CT molecular complexity index is 915. The van der Waals surface area contributed by atoms with Crippen molar-refractivity contribution in [2.45, 2.75) is 13.0 Å². The molecule has 1 aromatic carbocycles. The van der Waals surface area contributed by atoms with Gasteiger partial charge in [-0.2, -0.15) is 5.10 Å². The SMILES string of the molecule is Cc1c(C(=O)N2CCN(C[C@H](O)c3cccs3)CC2)cnn1-c1ccccc1. The Hall–Kier alpha value is -2.48. The summed E-state index contributed by atoms with van der Waals surface area (Å²) in [7, 11) is 0. The lowest BCUT2D eigenvalue weighted by Crippen LogP contribution is -2.49. The Morgan fingerprint density at radius 3 is 2.57 bits per heavy atom. The fraction of sp³-hybridized carbons (Fsp3) is 0.333. The second-order valence-corrected chi connectivity index (χ2v) is 7.99. The third kappa shape index (κ3) is 3.87. The lowest BCUT2D eigenvalue weighted by atomic mass is 10.2. The van der Waals surface area contributed by atoms with Crippen molar-refractivity contribution in [1.82, 2.24) is 19.6 Å². The number of para-hydroxylation sites is 1. The van der Waals surface area contributed by atoms with E-state index in [1.807, 2.05) is 59.7 Å². The van der Waals surface area contributed by atoms with E-state index in [0.717, 1.165) is 29.3 Å². The van der Waals surface area contributed by atoms with E-state index >= 15 is 0 Å². The van der Waals surface area contributed by atoms with Crippen LogP contribution in [0.3, 0.4) is 0 Å². The van der Waals surface area contributed by atoms with Gasteiger partial charge in [-0.05, 0) is 30.5 Å². The first-order chi connectivity index (χ1) is 13.6. The van der Waals surface area contributed by atoms with Crippen LogP contribution in [0.2, 0.25) is 0 Å². The summed E-state index contributed by atoms with van der Waals surface area (Å²) >= 11 is 1.57. The maximum atomic E-state index is 13.0. The molecule has 1 N–H and O–H groups in total. The molecule has 3 aromatic rings. The number of nitrogens with zero attached hydrogens (tertiary/aromatic N) is 4. The highest BCUT2D eigenvalue weighted by molar-refractivity contribution is 7.10. The predicted molar refractivity (Wildman–Crippen MR) is 110 cm³/mol. The van der Waals surface area contributed by atoms with Crippen molar-refractivity contribution in [1.29, 1.82) is 0 Å². The van der Waals surface area contributed by atoms with Crippen LogP contribution in [0.15, 0.2) is 54.0 Å². The number of carbonyl (C=O) groups is 1. The molecule has 2 aromatic heterocycles. The molecular weight excluding hydrogens is 372 g/mol. The number of thiophene rings is 1. The molecule has 0 saturated carbocycles. The molecule has 3 heterocycles. The molecule has 1 amide bonds. The van der Waals surface area contributed by atoms with E-state index in [2.05, 4.69) is 10.00 Å². The van der Waals surface area contributed by atoms with Crippen LogP contribution in [0, 0.1) is 6.92 Å². The van der Waals surface area contributed by atoms with Crippen LogP contribution in [-0.4, -0.2) is 63.3 Å². The van der Waals surface area contributed by atoms with Gasteiger partial charge in [0.2, 0.25) is 0 Å². The minimum absolute atomic E-state index is 0.0261. The summed E-state index contributed by atoms with van der Waals surface area (Å²) in [5, 5.41) is 16.7. The molecule has 1 atom stereocenters. The molecule has 7 heteroatoms. The lowest BCUT2D eigenvalue weighted by molar-refractivity contribution is 0.0532. The van der Waals surface area contributed by atoms with Crippen LogP contribution in [0.4, 0.5) is 0 Å². The number of amides is 1. The van der Waals surface area contributed by atoms with Gasteiger partial charge < -0.3 is 10.0 Å². The molecule has 4 rings (SSSR count). The van der Waals surface area contributed by atoms with E-state index in [-0.39, 0.29) is 5.91 Å². The minimum Gasteiger partial charge on any atom is -0.386 e. The third-order valence-electron chi connectivity index (χ3n) is 5.20. The number of rotatable bonds is 5. The fourth-order valence-corrected chi connectivity index (χ4v) is 4.27. The molecule has 28 heavy (non-hydrogen) atoms. The van der Waals surface area contributed by atoms with Crippen LogP contribution in [-0.2, 0) is 0 Å². The van der Waals surface area contributed by atoms with Crippen molar-refractivity contribution >= 4 is 17.2 Å². The molecule has 1 fully saturated rings. The Balaban J connectivity index is 1.37. The van der Waals surface area contributed by atoms with Crippen LogP contribution >= 0.6 is 11.3 Å². The Morgan fingerprint density at radius 2 is 1.89 bits per heavy atom. The molecule has 6 nitrogen and oxygen atoms in total. The van der Waals surface area contributed by atoms with Crippen molar-refractivity contribution in [2.75, 3.05) is 32.7 Å². The van der Waals surface area contributed by atoms with Crippen molar-refractivity contribution in [3.63, 3.8) is 0 Å². The normalized spacial score (nSPS) is 16.3. The standard InChI is InChI=1S/C21H24N4O2S/c1-16-18(14-22-25(16)17-6-3-2-4-7-17)21(27)24-11-9-23(10-12-24)15-19(26)20-8-5-13-28-20/h2-8,13-14,19,26H,9-12,15H2,1H3/t19-/m0/s1. The minimum atomic E-state index is -0.464. The van der Waals surface area contributed by atoms with Gasteiger partial charge in [-0.25, -0.2) is 4.68 Å². The Labute approximate surface area is 168 Å². The summed E-state index contributed by atoms with van der Waals surface area (Å²) in [6.45, 7) is 5.38. The number of aliphatic hydroxyl groups excluding tert-OH is 1. The average molecular weight is 397 g/mol. The zero-order valence-electron chi connectivity index (χ0n) is 15.9. The maximum Gasteiger partial charge on any atom is 0.257 e. The van der Waals surface area contributed by atoms with Gasteiger partial charge in [-0.1, -0.05) is 24.3 Å². The van der Waals surface area contributed by atoms with Gasteiger partial charge in [0.15, 0.2) is 0 Å². The number of piperazine rings is 1. The molecule has 0 unspecified atom stereocenters. The van der Waals surface area contributed by atoms with Crippen LogP contribution in [0.25, 0.3) is 5.69 Å². The molecule has 0 aliphatic carbocycles. The van der Waals surface area contributed by atoms with Crippen molar-refractivity contribution in [2.24, 2.45) is 0 Å². The van der Waals surface area contributed by atoms with Crippen molar-refractivity contribution in [3.05, 3.63) is 70.2 Å². The number of hydrogen-bond acceptors (Lipinski definition) is 5. The highest BCUT2D eigenvalue weighted by Gasteiger charge is 2.26. The van der Waals surface area contributed by atoms with Gasteiger partial charge in [-0.3, -0.25) is 9.69 Å². The zero-order chi connectivity index (χ0) is 19.5. The number of hydrogen-bond donors (Lipinski definition) is 1. The number of benzene rings is 1. The molecule has 0 spiro atoms. The quantitative estimate of drug-likeness (QED) is 0.720. The summed E-state index contributed by atoms with van der Waals surface area (Å²) in [5.74, 6) is 0.0261. The van der Waals surface area contributed by atoms with Gasteiger partial charge in [-0.15, -0.1) is 11.3 Å². The van der Waals surface area contributed by atoms with E-state index in [1.165, 1.54) is 0 Å². The van der Waals surface area contributed by atoms with Gasteiger partial charge in [0.25, 0.3) is 5.91 Å². The highest BCUT2D eigenvalue weighted by atomic mass is 32.1. The van der Waals surface area contributed by atoms with Crippen molar-refractivity contribution in [3.8, 4) is 5.69 Å². The van der Waals surface area contributed by atoms with Gasteiger partial charge in [0.05, 0.1) is 23.1 Å². The van der Waals surface area contributed by atoms with Crippen molar-refractivity contribution < 1.29 is 9.90 Å². The molecule has 1 aliphatic heterocycles. The number of aromatic nitrogens is 2. The summed E-state index contributed by atoms with van der Waals surface area (Å²) in [6, 6.07) is 13.8. The maximum absolute atomic E-state index is 13.0. The number of carbonyl (C=O) groups excluding carboxylic acids is 1. The van der Waals surface area contributed by atoms with E-state index < -0.39 is 6.10 Å². The van der Waals surface area contributed by atoms with E-state index in [1.54, 1.807) is 22.2 Å². The topological polar surface area (TPSA) is 61.6 Å². The van der Waals surface area contributed by atoms with Crippen LogP contribution < -0.4 is 0 Å². The summed E-state index contributed by atoms with van der Waals surface area (Å²) in [4.78, 5) is 18.1. The smallest absolute Gasteiger partial charge is 0.257 e. The van der Waals surface area contributed by atoms with E-state index in [4.69, 9.17) is 0 Å². The summed E-state index contributed by atoms with van der Waals surface area (Å²) in [6.07, 6.45) is 1.20. The van der Waals surface area contributed by atoms with Gasteiger partial charge in [0.1, 0.15) is 6.10 Å². The molecule has 1 saturated heterocycles. The largest absolute Gasteiger partial charge is 0.386 e. The van der Waals surface area contributed by atoms with Crippen LogP contribution in [0.1, 0.15) is 27.0 Å².